The third-order valence-corrected chi connectivity index (χ3v) is 13.2. The Hall–Kier alpha value is -6.00. The first kappa shape index (κ1) is 42.1. The topological polar surface area (TPSA) is 171 Å². The Morgan fingerprint density at radius 3 is 1.77 bits per heavy atom. The monoisotopic (exact) mass is 850 g/mol. The predicted octanol–water partition coefficient (Wildman–Crippen LogP) is 7.71. The minimum absolute atomic E-state index is 0.0944. The number of methoxy groups -OCH3 is 2. The van der Waals surface area contributed by atoms with Crippen molar-refractivity contribution in [1.29, 1.82) is 0 Å². The normalized spacial score (nSPS) is 13.1. The van der Waals surface area contributed by atoms with E-state index >= 15 is 0 Å². The van der Waals surface area contributed by atoms with Crippen LogP contribution in [0.3, 0.4) is 0 Å². The fourth-order valence-electron chi connectivity index (χ4n) is 7.19. The second kappa shape index (κ2) is 18.9. The van der Waals surface area contributed by atoms with Gasteiger partial charge in [-0.1, -0.05) is 46.7 Å². The number of sulfone groups is 1. The molecule has 14 nitrogen and oxygen atoms in total. The van der Waals surface area contributed by atoms with E-state index in [2.05, 4.69) is 20.3 Å². The maximum absolute atomic E-state index is 13.0. The molecule has 2 amide bonds. The van der Waals surface area contributed by atoms with Gasteiger partial charge in [-0.25, -0.2) is 8.42 Å². The van der Waals surface area contributed by atoms with Crippen LogP contribution < -0.4 is 19.3 Å². The summed E-state index contributed by atoms with van der Waals surface area (Å²) in [7, 11) is -0.408. The average Bonchev–Trinajstić information content (AvgIpc) is 4.09. The highest BCUT2D eigenvalue weighted by Crippen LogP contribution is 2.35. The molecule has 4 aromatic carbocycles. The van der Waals surface area contributed by atoms with Crippen molar-refractivity contribution < 1.29 is 36.5 Å². The Balaban J connectivity index is 0.000000182. The minimum Gasteiger partial charge on any atom is -0.497 e. The van der Waals surface area contributed by atoms with E-state index < -0.39 is 9.84 Å². The Morgan fingerprint density at radius 2 is 1.22 bits per heavy atom. The lowest BCUT2D eigenvalue weighted by Crippen LogP contribution is -2.29. The molecule has 0 N–H and O–H groups in total. The number of fused-ring (bicyclic) bond motifs is 2. The second-order valence-electron chi connectivity index (χ2n) is 14.2. The van der Waals surface area contributed by atoms with E-state index in [9.17, 15) is 18.0 Å². The Bertz CT molecular complexity index is 2590. The SMILES string of the molecule is COc1ccc2c(c1)N(C(=O)CCCS(=O)(=O)c1ccccc1-c1nc(C)no1)CC2.COc1ccc2c(c1)N(C(=O)CCCSc1ccccc1-c1nc(C)no1)CC2. The molecule has 8 rings (SSSR count). The molecule has 4 heterocycles. The van der Waals surface area contributed by atoms with Crippen LogP contribution in [0.5, 0.6) is 11.5 Å². The first-order valence-corrected chi connectivity index (χ1v) is 22.3. The number of anilines is 2. The molecule has 2 aliphatic rings. The fraction of sp³-hybridized carbons (Fsp3) is 0.318. The zero-order chi connectivity index (χ0) is 42.2. The van der Waals surface area contributed by atoms with Crippen molar-refractivity contribution in [2.24, 2.45) is 0 Å². The maximum Gasteiger partial charge on any atom is 0.259 e. The highest BCUT2D eigenvalue weighted by Gasteiger charge is 2.28. The molecule has 312 valence electrons. The number of carbonyl (C=O) groups is 2. The van der Waals surface area contributed by atoms with Crippen LogP contribution in [0.25, 0.3) is 22.9 Å². The number of hydrogen-bond acceptors (Lipinski definition) is 13. The fourth-order valence-corrected chi connectivity index (χ4v) is 9.70. The van der Waals surface area contributed by atoms with Gasteiger partial charge in [0.25, 0.3) is 11.8 Å². The number of aromatic nitrogens is 4. The molecule has 6 aromatic rings. The van der Waals surface area contributed by atoms with Crippen molar-refractivity contribution in [3.05, 3.63) is 108 Å². The summed E-state index contributed by atoms with van der Waals surface area (Å²) < 4.78 is 47.0. The highest BCUT2D eigenvalue weighted by atomic mass is 32.2. The standard InChI is InChI=1S/C22H23N3O5S.C22H23N3O3S/c1-15-23-22(30-24-15)18-6-3-4-7-20(18)31(27,28)13-5-8-21(26)25-12-11-16-9-10-17(29-2)14-19(16)25;1-15-23-22(28-24-15)18-6-3-4-7-20(18)29-13-5-8-21(26)25-12-11-16-9-10-17(27-2)14-19(16)25/h3-4,6-7,9-10,14H,5,8,11-13H2,1-2H3;3-4,6-7,9-10,14H,5,8,11-13H2,1-2H3. The molecule has 0 bridgehead atoms. The van der Waals surface area contributed by atoms with E-state index in [1.165, 1.54) is 11.6 Å². The molecular weight excluding hydrogens is 805 g/mol. The first-order valence-electron chi connectivity index (χ1n) is 19.6. The van der Waals surface area contributed by atoms with Gasteiger partial charge in [-0.05, 0) is 92.8 Å². The third-order valence-electron chi connectivity index (χ3n) is 10.2. The smallest absolute Gasteiger partial charge is 0.259 e. The van der Waals surface area contributed by atoms with Crippen LogP contribution in [0.2, 0.25) is 0 Å². The van der Waals surface area contributed by atoms with Crippen LogP contribution in [0.15, 0.2) is 104 Å². The largest absolute Gasteiger partial charge is 0.497 e. The summed E-state index contributed by atoms with van der Waals surface area (Å²) in [5.74, 6) is 3.97. The Labute approximate surface area is 353 Å². The van der Waals surface area contributed by atoms with Crippen LogP contribution in [0.4, 0.5) is 11.4 Å². The van der Waals surface area contributed by atoms with Crippen LogP contribution in [0, 0.1) is 13.8 Å². The van der Waals surface area contributed by atoms with Crippen molar-refractivity contribution >= 4 is 44.8 Å². The lowest BCUT2D eigenvalue weighted by Gasteiger charge is -2.18. The van der Waals surface area contributed by atoms with Gasteiger partial charge >= 0.3 is 0 Å². The van der Waals surface area contributed by atoms with E-state index in [0.29, 0.717) is 41.8 Å². The van der Waals surface area contributed by atoms with Gasteiger partial charge in [0.05, 0.1) is 47.4 Å². The van der Waals surface area contributed by atoms with E-state index in [-0.39, 0.29) is 41.2 Å². The molecule has 16 heteroatoms. The highest BCUT2D eigenvalue weighted by molar-refractivity contribution is 7.99. The summed E-state index contributed by atoms with van der Waals surface area (Å²) in [5.41, 5.74) is 5.42. The van der Waals surface area contributed by atoms with E-state index in [4.69, 9.17) is 18.5 Å². The quantitative estimate of drug-likeness (QED) is 0.0772. The average molecular weight is 851 g/mol. The van der Waals surface area contributed by atoms with Gasteiger partial charge in [0, 0.05) is 43.0 Å². The van der Waals surface area contributed by atoms with Crippen molar-refractivity contribution in [3.63, 3.8) is 0 Å². The predicted molar refractivity (Wildman–Crippen MR) is 228 cm³/mol. The van der Waals surface area contributed by atoms with E-state index in [1.54, 1.807) is 62.9 Å². The number of rotatable bonds is 14. The number of amides is 2. The molecule has 0 spiro atoms. The van der Waals surface area contributed by atoms with Crippen LogP contribution >= 0.6 is 11.8 Å². The number of thioether (sulfide) groups is 1. The van der Waals surface area contributed by atoms with Crippen molar-refractivity contribution in [1.82, 2.24) is 20.3 Å². The minimum atomic E-state index is -3.64. The van der Waals surface area contributed by atoms with Crippen molar-refractivity contribution in [3.8, 4) is 34.4 Å². The number of hydrogen-bond donors (Lipinski definition) is 0. The lowest BCUT2D eigenvalue weighted by molar-refractivity contribution is -0.119. The molecule has 0 unspecified atom stereocenters. The van der Waals surface area contributed by atoms with Gasteiger partial charge in [-0.15, -0.1) is 11.8 Å². The summed E-state index contributed by atoms with van der Waals surface area (Å²) in [6, 6.07) is 26.2. The summed E-state index contributed by atoms with van der Waals surface area (Å²) in [5, 5.41) is 7.61. The van der Waals surface area contributed by atoms with Crippen LogP contribution in [0.1, 0.15) is 48.5 Å². The summed E-state index contributed by atoms with van der Waals surface area (Å²) in [4.78, 5) is 38.8. The molecule has 0 fully saturated rings. The molecule has 2 aromatic heterocycles. The molecule has 0 radical (unpaired) electrons. The van der Waals surface area contributed by atoms with Gasteiger partial charge < -0.3 is 28.3 Å². The van der Waals surface area contributed by atoms with E-state index in [1.807, 2.05) is 65.6 Å². The molecule has 0 aliphatic carbocycles. The van der Waals surface area contributed by atoms with Gasteiger partial charge in [-0.2, -0.15) is 9.97 Å². The molecule has 0 atom stereocenters. The lowest BCUT2D eigenvalue weighted by atomic mass is 10.1. The van der Waals surface area contributed by atoms with Crippen molar-refractivity contribution in [2.45, 2.75) is 62.2 Å². The molecule has 60 heavy (non-hydrogen) atoms. The van der Waals surface area contributed by atoms with Gasteiger partial charge in [0.15, 0.2) is 21.5 Å². The summed E-state index contributed by atoms with van der Waals surface area (Å²) in [6.45, 7) is 4.81. The van der Waals surface area contributed by atoms with Crippen molar-refractivity contribution in [2.75, 3.05) is 48.6 Å². The Morgan fingerprint density at radius 1 is 0.700 bits per heavy atom. The molecule has 0 saturated carbocycles. The van der Waals surface area contributed by atoms with Crippen LogP contribution in [-0.2, 0) is 32.3 Å². The third kappa shape index (κ3) is 9.71. The number of carbonyl (C=O) groups excluding carboxylic acids is 2. The van der Waals surface area contributed by atoms with Gasteiger partial charge in [0.1, 0.15) is 11.5 Å². The van der Waals surface area contributed by atoms with Gasteiger partial charge in [-0.3, -0.25) is 9.59 Å². The number of nitrogens with zero attached hydrogens (tertiary/aromatic N) is 6. The maximum atomic E-state index is 13.0. The number of ether oxygens (including phenoxy) is 2. The summed E-state index contributed by atoms with van der Waals surface area (Å²) >= 11 is 1.71. The molecule has 0 saturated heterocycles. The Kier molecular flexibility index (Phi) is 13.3. The second-order valence-corrected chi connectivity index (χ2v) is 17.5. The van der Waals surface area contributed by atoms with Crippen LogP contribution in [-0.4, -0.2) is 79.3 Å². The zero-order valence-electron chi connectivity index (χ0n) is 33.9. The molecule has 2 aliphatic heterocycles. The zero-order valence-corrected chi connectivity index (χ0v) is 35.6. The molecular formula is C44H46N6O8S2. The summed E-state index contributed by atoms with van der Waals surface area (Å²) in [6.07, 6.45) is 3.35. The van der Waals surface area contributed by atoms with Gasteiger partial charge in [0.2, 0.25) is 11.8 Å². The number of benzene rings is 4. The number of aryl methyl sites for hydroxylation is 2. The first-order chi connectivity index (χ1) is 29.0. The van der Waals surface area contributed by atoms with E-state index in [0.717, 1.165) is 64.7 Å².